The van der Waals surface area contributed by atoms with Gasteiger partial charge in [-0.1, -0.05) is 28.1 Å². The summed E-state index contributed by atoms with van der Waals surface area (Å²) in [5, 5.41) is 2.99. The molecule has 0 saturated carbocycles. The first kappa shape index (κ1) is 10.3. The molecule has 1 fully saturated rings. The molecule has 3 rings (SSSR count). The summed E-state index contributed by atoms with van der Waals surface area (Å²) < 4.78 is 1.20. The highest BCUT2D eigenvalue weighted by Gasteiger charge is 2.42. The van der Waals surface area contributed by atoms with Crippen LogP contribution < -0.4 is 5.32 Å². The molecule has 16 heavy (non-hydrogen) atoms. The van der Waals surface area contributed by atoms with Crippen molar-refractivity contribution in [3.8, 4) is 0 Å². The molecule has 1 N–H and O–H groups in total. The van der Waals surface area contributed by atoms with Crippen LogP contribution in [0, 0.1) is 0 Å². The maximum Gasteiger partial charge on any atom is 0.220 e. The van der Waals surface area contributed by atoms with Gasteiger partial charge < -0.3 is 5.32 Å². The molecule has 1 amide bonds. The van der Waals surface area contributed by atoms with Crippen molar-refractivity contribution in [1.29, 1.82) is 0 Å². The summed E-state index contributed by atoms with van der Waals surface area (Å²) in [5.74, 6) is 0.202. The number of hydrogen-bond acceptors (Lipinski definition) is 1. The molecule has 1 saturated heterocycles. The summed E-state index contributed by atoms with van der Waals surface area (Å²) in [6.07, 6.45) is 4.11. The fraction of sp³-hybridized carbons (Fsp3) is 0.462. The molecule has 0 bridgehead atoms. The molecule has 2 aliphatic rings. The number of amides is 1. The van der Waals surface area contributed by atoms with E-state index in [4.69, 9.17) is 0 Å². The van der Waals surface area contributed by atoms with Gasteiger partial charge in [-0.05, 0) is 36.5 Å². The Hall–Kier alpha value is -0.830. The number of hydrogen-bond donors (Lipinski definition) is 1. The molecular formula is C13H14BrNO. The highest BCUT2D eigenvalue weighted by molar-refractivity contribution is 9.10. The minimum atomic E-state index is 0.0778. The van der Waals surface area contributed by atoms with Crippen LogP contribution in [0.2, 0.25) is 0 Å². The Balaban J connectivity index is 2.13. The Morgan fingerprint density at radius 2 is 2.25 bits per heavy atom. The van der Waals surface area contributed by atoms with Crippen molar-refractivity contribution in [2.24, 2.45) is 0 Å². The number of carbonyl (C=O) groups is 1. The second-order valence-corrected chi connectivity index (χ2v) is 5.71. The van der Waals surface area contributed by atoms with Crippen LogP contribution in [0.15, 0.2) is 22.7 Å². The van der Waals surface area contributed by atoms with E-state index in [1.807, 2.05) is 0 Å². The highest BCUT2D eigenvalue weighted by atomic mass is 79.9. The van der Waals surface area contributed by atoms with Crippen molar-refractivity contribution in [3.63, 3.8) is 0 Å². The normalized spacial score (nSPS) is 27.9. The Morgan fingerprint density at radius 1 is 1.38 bits per heavy atom. The summed E-state index contributed by atoms with van der Waals surface area (Å²) in [6.45, 7) is 0.815. The minimum Gasteiger partial charge on any atom is -0.355 e. The summed E-state index contributed by atoms with van der Waals surface area (Å²) in [7, 11) is 0. The van der Waals surface area contributed by atoms with Gasteiger partial charge in [0, 0.05) is 22.9 Å². The lowest BCUT2D eigenvalue weighted by Crippen LogP contribution is -2.33. The van der Waals surface area contributed by atoms with E-state index in [2.05, 4.69) is 39.4 Å². The van der Waals surface area contributed by atoms with Crippen LogP contribution in [-0.4, -0.2) is 12.5 Å². The van der Waals surface area contributed by atoms with E-state index in [1.54, 1.807) is 0 Å². The lowest BCUT2D eigenvalue weighted by Gasteiger charge is -2.34. The number of nitrogens with one attached hydrogen (secondary N) is 1. The predicted octanol–water partition coefficient (Wildman–Crippen LogP) is 2.54. The topological polar surface area (TPSA) is 29.1 Å². The third-order valence-corrected chi connectivity index (χ3v) is 4.64. The van der Waals surface area contributed by atoms with Gasteiger partial charge in [0.2, 0.25) is 5.91 Å². The van der Waals surface area contributed by atoms with E-state index >= 15 is 0 Å². The van der Waals surface area contributed by atoms with E-state index in [0.29, 0.717) is 6.42 Å². The molecule has 2 nitrogen and oxygen atoms in total. The van der Waals surface area contributed by atoms with Gasteiger partial charge in [0.05, 0.1) is 0 Å². The van der Waals surface area contributed by atoms with Gasteiger partial charge in [0.15, 0.2) is 0 Å². The third kappa shape index (κ3) is 1.41. The van der Waals surface area contributed by atoms with Gasteiger partial charge in [-0.2, -0.15) is 0 Å². The largest absolute Gasteiger partial charge is 0.355 e. The van der Waals surface area contributed by atoms with Gasteiger partial charge in [-0.25, -0.2) is 0 Å². The van der Waals surface area contributed by atoms with Crippen LogP contribution in [0.1, 0.15) is 30.4 Å². The van der Waals surface area contributed by atoms with Crippen LogP contribution in [0.3, 0.4) is 0 Å². The van der Waals surface area contributed by atoms with E-state index < -0.39 is 0 Å². The number of rotatable bonds is 0. The molecule has 1 atom stereocenters. The van der Waals surface area contributed by atoms with Crippen LogP contribution >= 0.6 is 15.9 Å². The van der Waals surface area contributed by atoms with Gasteiger partial charge in [-0.3, -0.25) is 4.79 Å². The van der Waals surface area contributed by atoms with Crippen LogP contribution in [0.4, 0.5) is 0 Å². The molecule has 1 heterocycles. The lowest BCUT2D eigenvalue weighted by atomic mass is 9.69. The first-order chi connectivity index (χ1) is 7.71. The molecule has 1 aromatic carbocycles. The SMILES string of the molecule is O=C1CC2(CCCc3c(Br)cccc32)CN1. The molecule has 1 unspecified atom stereocenters. The Labute approximate surface area is 104 Å². The maximum absolute atomic E-state index is 11.5. The molecule has 1 aliphatic carbocycles. The highest BCUT2D eigenvalue weighted by Crippen LogP contribution is 2.43. The average molecular weight is 280 g/mol. The molecular weight excluding hydrogens is 266 g/mol. The Morgan fingerprint density at radius 3 is 3.00 bits per heavy atom. The quantitative estimate of drug-likeness (QED) is 0.777. The number of benzene rings is 1. The lowest BCUT2D eigenvalue weighted by molar-refractivity contribution is -0.119. The molecule has 1 spiro atoms. The smallest absolute Gasteiger partial charge is 0.220 e. The van der Waals surface area contributed by atoms with E-state index in [0.717, 1.165) is 19.4 Å². The maximum atomic E-state index is 11.5. The van der Waals surface area contributed by atoms with E-state index in [1.165, 1.54) is 22.0 Å². The third-order valence-electron chi connectivity index (χ3n) is 3.90. The second-order valence-electron chi connectivity index (χ2n) is 4.85. The van der Waals surface area contributed by atoms with Gasteiger partial charge in [0.25, 0.3) is 0 Å². The molecule has 0 aromatic heterocycles. The molecule has 3 heteroatoms. The zero-order valence-corrected chi connectivity index (χ0v) is 10.6. The molecule has 1 aliphatic heterocycles. The number of carbonyl (C=O) groups excluding carboxylic acids is 1. The summed E-state index contributed by atoms with van der Waals surface area (Å²) in [4.78, 5) is 11.5. The van der Waals surface area contributed by atoms with Crippen molar-refractivity contribution in [3.05, 3.63) is 33.8 Å². The molecule has 1 aromatic rings. The molecule has 84 valence electrons. The van der Waals surface area contributed by atoms with Crippen molar-refractivity contribution in [2.75, 3.05) is 6.54 Å². The van der Waals surface area contributed by atoms with Crippen LogP contribution in [0.5, 0.6) is 0 Å². The summed E-state index contributed by atoms with van der Waals surface area (Å²) in [5.41, 5.74) is 2.87. The minimum absolute atomic E-state index is 0.0778. The van der Waals surface area contributed by atoms with Crippen LogP contribution in [0.25, 0.3) is 0 Å². The van der Waals surface area contributed by atoms with Crippen molar-refractivity contribution in [1.82, 2.24) is 5.32 Å². The monoisotopic (exact) mass is 279 g/mol. The number of fused-ring (bicyclic) bond motifs is 2. The zero-order chi connectivity index (χ0) is 11.2. The standard InChI is InChI=1S/C13H14BrNO/c14-11-5-1-4-10-9(11)3-2-6-13(10)7-12(16)15-8-13/h1,4-5H,2-3,6-8H2,(H,15,16). The average Bonchev–Trinajstić information content (AvgIpc) is 2.63. The van der Waals surface area contributed by atoms with E-state index in [9.17, 15) is 4.79 Å². The fourth-order valence-corrected chi connectivity index (χ4v) is 3.68. The second kappa shape index (κ2) is 3.59. The van der Waals surface area contributed by atoms with Gasteiger partial charge in [0.1, 0.15) is 0 Å². The zero-order valence-electron chi connectivity index (χ0n) is 9.05. The Bertz CT molecular complexity index is 457. The first-order valence-corrected chi connectivity index (χ1v) is 6.55. The van der Waals surface area contributed by atoms with E-state index in [-0.39, 0.29) is 11.3 Å². The summed E-state index contributed by atoms with van der Waals surface area (Å²) in [6, 6.07) is 6.38. The fourth-order valence-electron chi connectivity index (χ4n) is 3.12. The number of halogens is 1. The van der Waals surface area contributed by atoms with Gasteiger partial charge >= 0.3 is 0 Å². The van der Waals surface area contributed by atoms with Crippen LogP contribution in [-0.2, 0) is 16.6 Å². The predicted molar refractivity (Wildman–Crippen MR) is 66.4 cm³/mol. The van der Waals surface area contributed by atoms with Crippen molar-refractivity contribution in [2.45, 2.75) is 31.1 Å². The van der Waals surface area contributed by atoms with Crippen molar-refractivity contribution >= 4 is 21.8 Å². The van der Waals surface area contributed by atoms with Crippen molar-refractivity contribution < 1.29 is 4.79 Å². The Kier molecular flexibility index (Phi) is 2.32. The van der Waals surface area contributed by atoms with Gasteiger partial charge in [-0.15, -0.1) is 0 Å². The molecule has 0 radical (unpaired) electrons. The summed E-state index contributed by atoms with van der Waals surface area (Å²) >= 11 is 3.62. The first-order valence-electron chi connectivity index (χ1n) is 5.76.